The average molecular weight is 206 g/mol. The van der Waals surface area contributed by atoms with E-state index in [0.29, 0.717) is 5.92 Å². The van der Waals surface area contributed by atoms with Crippen LogP contribution >= 0.6 is 0 Å². The Morgan fingerprint density at radius 1 is 1.53 bits per heavy atom. The zero-order chi connectivity index (χ0) is 10.8. The van der Waals surface area contributed by atoms with Crippen LogP contribution in [0.15, 0.2) is 0 Å². The lowest BCUT2D eigenvalue weighted by Gasteiger charge is -2.28. The minimum absolute atomic E-state index is 0.00877. The van der Waals surface area contributed by atoms with Crippen molar-refractivity contribution < 1.29 is 4.79 Å². The number of carbonyl (C=O) groups is 1. The van der Waals surface area contributed by atoms with E-state index in [1.165, 1.54) is 25.7 Å². The fourth-order valence-corrected chi connectivity index (χ4v) is 3.39. The Bertz CT molecular complexity index is 294. The summed E-state index contributed by atoms with van der Waals surface area (Å²) in [6.07, 6.45) is 5.36. The molecule has 2 saturated carbocycles. The van der Waals surface area contributed by atoms with Gasteiger partial charge in [0.25, 0.3) is 0 Å². The molecule has 0 aromatic carbocycles. The third-order valence-corrected chi connectivity index (χ3v) is 4.06. The first-order valence-electron chi connectivity index (χ1n) is 5.87. The lowest BCUT2D eigenvalue weighted by atomic mass is 9.84. The highest BCUT2D eigenvalue weighted by Gasteiger charge is 2.41. The van der Waals surface area contributed by atoms with E-state index in [-0.39, 0.29) is 18.4 Å². The lowest BCUT2D eigenvalue weighted by Crippen LogP contribution is -2.39. The largest absolute Gasteiger partial charge is 0.352 e. The zero-order valence-electron chi connectivity index (χ0n) is 9.20. The van der Waals surface area contributed by atoms with Crippen molar-refractivity contribution >= 4 is 5.91 Å². The van der Waals surface area contributed by atoms with Crippen LogP contribution in [0.3, 0.4) is 0 Å². The molecule has 0 aromatic rings. The summed E-state index contributed by atoms with van der Waals surface area (Å²) in [7, 11) is 0. The molecular weight excluding hydrogens is 188 g/mol. The van der Waals surface area contributed by atoms with Gasteiger partial charge in [0.15, 0.2) is 0 Å². The Morgan fingerprint density at radius 2 is 2.33 bits per heavy atom. The molecule has 4 atom stereocenters. The summed E-state index contributed by atoms with van der Waals surface area (Å²) in [6.45, 7) is 2.08. The van der Waals surface area contributed by atoms with E-state index in [0.717, 1.165) is 11.8 Å². The molecular formula is C12H18N2O. The van der Waals surface area contributed by atoms with Gasteiger partial charge in [-0.2, -0.15) is 5.26 Å². The smallest absolute Gasteiger partial charge is 0.234 e. The molecule has 0 aliphatic heterocycles. The molecule has 1 N–H and O–H groups in total. The summed E-state index contributed by atoms with van der Waals surface area (Å²) >= 11 is 0. The standard InChI is InChI=1S/C12H18N2O/c1-8(14-12(15)4-5-13)11-7-9-2-3-10(11)6-9/h8-11H,2-4,6-7H2,1H3,(H,14,15)/t8-,9+,10+,11+/m0/s1. The van der Waals surface area contributed by atoms with Crippen LogP contribution in [-0.4, -0.2) is 11.9 Å². The molecule has 0 radical (unpaired) electrons. The number of hydrogen-bond donors (Lipinski definition) is 1. The Kier molecular flexibility index (Phi) is 2.95. The summed E-state index contributed by atoms with van der Waals surface area (Å²) < 4.78 is 0. The number of fused-ring (bicyclic) bond motifs is 2. The topological polar surface area (TPSA) is 52.9 Å². The van der Waals surface area contributed by atoms with Crippen molar-refractivity contribution in [2.75, 3.05) is 0 Å². The van der Waals surface area contributed by atoms with Crippen LogP contribution < -0.4 is 5.32 Å². The van der Waals surface area contributed by atoms with Gasteiger partial charge in [0, 0.05) is 6.04 Å². The van der Waals surface area contributed by atoms with E-state index in [9.17, 15) is 4.79 Å². The zero-order valence-corrected chi connectivity index (χ0v) is 9.20. The van der Waals surface area contributed by atoms with Crippen LogP contribution in [0, 0.1) is 29.1 Å². The van der Waals surface area contributed by atoms with Gasteiger partial charge < -0.3 is 5.32 Å². The Balaban J connectivity index is 1.84. The van der Waals surface area contributed by atoms with E-state index in [4.69, 9.17) is 5.26 Å². The highest BCUT2D eigenvalue weighted by Crippen LogP contribution is 2.49. The fraction of sp³-hybridized carbons (Fsp3) is 0.833. The van der Waals surface area contributed by atoms with Crippen molar-refractivity contribution in [3.63, 3.8) is 0 Å². The summed E-state index contributed by atoms with van der Waals surface area (Å²) in [5.74, 6) is 2.28. The van der Waals surface area contributed by atoms with Crippen LogP contribution in [-0.2, 0) is 4.79 Å². The molecule has 1 amide bonds. The molecule has 82 valence electrons. The maximum absolute atomic E-state index is 11.3. The fourth-order valence-electron chi connectivity index (χ4n) is 3.39. The monoisotopic (exact) mass is 206 g/mol. The summed E-state index contributed by atoms with van der Waals surface area (Å²) in [4.78, 5) is 11.3. The van der Waals surface area contributed by atoms with E-state index in [2.05, 4.69) is 12.2 Å². The van der Waals surface area contributed by atoms with E-state index in [1.54, 1.807) is 0 Å². The van der Waals surface area contributed by atoms with Gasteiger partial charge in [-0.15, -0.1) is 0 Å². The normalized spacial score (nSPS) is 34.8. The number of nitriles is 1. The van der Waals surface area contributed by atoms with Crippen LogP contribution in [0.1, 0.15) is 39.0 Å². The quantitative estimate of drug-likeness (QED) is 0.766. The van der Waals surface area contributed by atoms with Crippen molar-refractivity contribution in [3.05, 3.63) is 0 Å². The average Bonchev–Trinajstić information content (AvgIpc) is 2.78. The van der Waals surface area contributed by atoms with Gasteiger partial charge in [0.1, 0.15) is 6.42 Å². The van der Waals surface area contributed by atoms with Gasteiger partial charge in [-0.05, 0) is 43.9 Å². The summed E-state index contributed by atoms with van der Waals surface area (Å²) in [5, 5.41) is 11.4. The van der Waals surface area contributed by atoms with Gasteiger partial charge in [0.2, 0.25) is 5.91 Å². The van der Waals surface area contributed by atoms with Crippen molar-refractivity contribution in [1.82, 2.24) is 5.32 Å². The number of amides is 1. The SMILES string of the molecule is C[C@H](NC(=O)CC#N)[C@H]1C[C@@H]2CC[C@@H]1C2. The van der Waals surface area contributed by atoms with Crippen LogP contribution in [0.25, 0.3) is 0 Å². The highest BCUT2D eigenvalue weighted by atomic mass is 16.1. The van der Waals surface area contributed by atoms with Gasteiger partial charge >= 0.3 is 0 Å². The first-order chi connectivity index (χ1) is 7.20. The van der Waals surface area contributed by atoms with Crippen LogP contribution in [0.2, 0.25) is 0 Å². The molecule has 2 rings (SSSR count). The van der Waals surface area contributed by atoms with Gasteiger partial charge in [-0.1, -0.05) is 6.42 Å². The minimum Gasteiger partial charge on any atom is -0.352 e. The lowest BCUT2D eigenvalue weighted by molar-refractivity contribution is -0.121. The number of carbonyl (C=O) groups excluding carboxylic acids is 1. The molecule has 2 aliphatic rings. The van der Waals surface area contributed by atoms with Crippen LogP contribution in [0.4, 0.5) is 0 Å². The predicted octanol–water partition coefficient (Wildman–Crippen LogP) is 1.84. The second-order valence-corrected chi connectivity index (χ2v) is 5.03. The Morgan fingerprint density at radius 3 is 2.87 bits per heavy atom. The van der Waals surface area contributed by atoms with E-state index < -0.39 is 0 Å². The number of rotatable bonds is 3. The number of hydrogen-bond acceptors (Lipinski definition) is 2. The van der Waals surface area contributed by atoms with Crippen molar-refractivity contribution in [3.8, 4) is 6.07 Å². The van der Waals surface area contributed by atoms with Crippen molar-refractivity contribution in [2.24, 2.45) is 17.8 Å². The van der Waals surface area contributed by atoms with Crippen molar-refractivity contribution in [2.45, 2.75) is 45.1 Å². The summed E-state index contributed by atoms with van der Waals surface area (Å²) in [5.41, 5.74) is 0. The first kappa shape index (κ1) is 10.5. The van der Waals surface area contributed by atoms with Gasteiger partial charge in [-0.25, -0.2) is 0 Å². The molecule has 15 heavy (non-hydrogen) atoms. The highest BCUT2D eigenvalue weighted by molar-refractivity contribution is 5.78. The molecule has 3 heteroatoms. The molecule has 0 aromatic heterocycles. The molecule has 2 fully saturated rings. The molecule has 2 aliphatic carbocycles. The van der Waals surface area contributed by atoms with Gasteiger partial charge in [-0.3, -0.25) is 4.79 Å². The second kappa shape index (κ2) is 4.22. The van der Waals surface area contributed by atoms with E-state index in [1.807, 2.05) is 6.07 Å². The maximum Gasteiger partial charge on any atom is 0.234 e. The maximum atomic E-state index is 11.3. The Labute approximate surface area is 90.8 Å². The predicted molar refractivity (Wildman–Crippen MR) is 56.8 cm³/mol. The third-order valence-electron chi connectivity index (χ3n) is 4.06. The first-order valence-corrected chi connectivity index (χ1v) is 5.87. The van der Waals surface area contributed by atoms with Crippen molar-refractivity contribution in [1.29, 1.82) is 5.26 Å². The third kappa shape index (κ3) is 2.14. The minimum atomic E-state index is -0.118. The molecule has 0 heterocycles. The molecule has 2 bridgehead atoms. The molecule has 0 saturated heterocycles. The number of nitrogens with zero attached hydrogens (tertiary/aromatic N) is 1. The second-order valence-electron chi connectivity index (χ2n) is 5.03. The number of nitrogens with one attached hydrogen (secondary N) is 1. The van der Waals surface area contributed by atoms with Crippen LogP contribution in [0.5, 0.6) is 0 Å². The molecule has 0 unspecified atom stereocenters. The van der Waals surface area contributed by atoms with E-state index >= 15 is 0 Å². The molecule has 0 spiro atoms. The summed E-state index contributed by atoms with van der Waals surface area (Å²) in [6, 6.07) is 2.14. The Hall–Kier alpha value is -1.04. The van der Waals surface area contributed by atoms with Gasteiger partial charge in [0.05, 0.1) is 6.07 Å². The molecule has 3 nitrogen and oxygen atoms in total.